The van der Waals surface area contributed by atoms with Gasteiger partial charge >= 0.3 is 0 Å². The van der Waals surface area contributed by atoms with E-state index in [1.165, 1.54) is 5.56 Å². The van der Waals surface area contributed by atoms with Crippen molar-refractivity contribution in [1.29, 1.82) is 0 Å². The van der Waals surface area contributed by atoms with Crippen molar-refractivity contribution in [2.75, 3.05) is 19.6 Å². The Morgan fingerprint density at radius 3 is 2.67 bits per heavy atom. The molecule has 6 nitrogen and oxygen atoms in total. The van der Waals surface area contributed by atoms with Gasteiger partial charge in [-0.2, -0.15) is 0 Å². The molecule has 1 aromatic heterocycles. The molecule has 0 spiro atoms. The van der Waals surface area contributed by atoms with Crippen LogP contribution in [0.25, 0.3) is 0 Å². The first-order valence-corrected chi connectivity index (χ1v) is 9.23. The van der Waals surface area contributed by atoms with E-state index in [0.29, 0.717) is 6.04 Å². The summed E-state index contributed by atoms with van der Waals surface area (Å²) in [6.07, 6.45) is 5.13. The molecule has 0 radical (unpaired) electrons. The Kier molecular flexibility index (Phi) is 4.35. The average Bonchev–Trinajstić information content (AvgIpc) is 3.31. The van der Waals surface area contributed by atoms with Gasteiger partial charge in [0.15, 0.2) is 0 Å². The fourth-order valence-electron chi connectivity index (χ4n) is 4.46. The lowest BCUT2D eigenvalue weighted by Gasteiger charge is -2.36. The third kappa shape index (κ3) is 2.86. The first-order chi connectivity index (χ1) is 11.6. The zero-order valence-corrected chi connectivity index (χ0v) is 14.7. The lowest BCUT2D eigenvalue weighted by molar-refractivity contribution is -0.153. The average molecular weight is 333 g/mol. The lowest BCUT2D eigenvalue weighted by atomic mass is 9.98. The number of rotatable bonds is 3. The molecule has 6 heteroatoms. The molecule has 3 aliphatic heterocycles. The number of amides is 1. The van der Waals surface area contributed by atoms with Gasteiger partial charge in [0.2, 0.25) is 0 Å². The highest BCUT2D eigenvalue weighted by Crippen LogP contribution is 2.34. The van der Waals surface area contributed by atoms with E-state index < -0.39 is 0 Å². The summed E-state index contributed by atoms with van der Waals surface area (Å²) in [4.78, 5) is 17.1. The van der Waals surface area contributed by atoms with Crippen molar-refractivity contribution in [2.24, 2.45) is 0 Å². The summed E-state index contributed by atoms with van der Waals surface area (Å²) in [5.41, 5.74) is 2.18. The summed E-state index contributed by atoms with van der Waals surface area (Å²) < 4.78 is 11.5. The normalized spacial score (nSPS) is 30.8. The summed E-state index contributed by atoms with van der Waals surface area (Å²) in [6.45, 7) is 7.68. The van der Waals surface area contributed by atoms with Crippen LogP contribution in [0.3, 0.4) is 0 Å². The molecule has 4 heterocycles. The van der Waals surface area contributed by atoms with Gasteiger partial charge in [-0.1, -0.05) is 5.16 Å². The van der Waals surface area contributed by atoms with Gasteiger partial charge < -0.3 is 14.2 Å². The number of hydrogen-bond donors (Lipinski definition) is 0. The number of aryl methyl sites for hydroxylation is 2. The molecule has 0 bridgehead atoms. The van der Waals surface area contributed by atoms with E-state index in [1.807, 2.05) is 18.7 Å². The molecule has 0 saturated carbocycles. The van der Waals surface area contributed by atoms with Crippen LogP contribution in [0.1, 0.15) is 49.1 Å². The molecule has 3 aliphatic rings. The van der Waals surface area contributed by atoms with Crippen LogP contribution in [0, 0.1) is 13.8 Å². The van der Waals surface area contributed by atoms with E-state index in [-0.39, 0.29) is 18.1 Å². The second kappa shape index (κ2) is 6.48. The molecule has 3 saturated heterocycles. The summed E-state index contributed by atoms with van der Waals surface area (Å²) in [5.74, 6) is 1.13. The monoisotopic (exact) mass is 333 g/mol. The predicted molar refractivity (Wildman–Crippen MR) is 88.5 cm³/mol. The first kappa shape index (κ1) is 16.1. The predicted octanol–water partition coefficient (Wildman–Crippen LogP) is 2.04. The van der Waals surface area contributed by atoms with Gasteiger partial charge in [0.05, 0.1) is 11.8 Å². The quantitative estimate of drug-likeness (QED) is 0.847. The molecular weight excluding hydrogens is 306 g/mol. The van der Waals surface area contributed by atoms with Crippen molar-refractivity contribution in [3.63, 3.8) is 0 Å². The zero-order valence-electron chi connectivity index (χ0n) is 14.7. The Balaban J connectivity index is 1.38. The summed E-state index contributed by atoms with van der Waals surface area (Å²) in [7, 11) is 0. The number of ether oxygens (including phenoxy) is 1. The molecule has 3 atom stereocenters. The van der Waals surface area contributed by atoms with Gasteiger partial charge in [-0.15, -0.1) is 0 Å². The van der Waals surface area contributed by atoms with E-state index >= 15 is 0 Å². The first-order valence-electron chi connectivity index (χ1n) is 9.23. The molecule has 4 rings (SSSR count). The van der Waals surface area contributed by atoms with E-state index in [4.69, 9.17) is 9.26 Å². The Labute approximate surface area is 143 Å². The second-order valence-electron chi connectivity index (χ2n) is 7.40. The number of likely N-dealkylation sites (tertiary alicyclic amines) is 2. The number of nitrogens with zero attached hydrogens (tertiary/aromatic N) is 3. The second-order valence-corrected chi connectivity index (χ2v) is 7.40. The highest BCUT2D eigenvalue weighted by Gasteiger charge is 2.43. The number of fused-ring (bicyclic) bond motifs is 1. The van der Waals surface area contributed by atoms with Crippen LogP contribution in [0.2, 0.25) is 0 Å². The minimum Gasteiger partial charge on any atom is -0.363 e. The minimum absolute atomic E-state index is 0.191. The highest BCUT2D eigenvalue weighted by molar-refractivity contribution is 5.81. The number of aromatic nitrogens is 1. The van der Waals surface area contributed by atoms with E-state index in [2.05, 4.69) is 10.1 Å². The number of hydrogen-bond acceptors (Lipinski definition) is 5. The highest BCUT2D eigenvalue weighted by atomic mass is 16.5. The Morgan fingerprint density at radius 1 is 1.17 bits per heavy atom. The molecule has 132 valence electrons. The van der Waals surface area contributed by atoms with Crippen molar-refractivity contribution in [1.82, 2.24) is 15.0 Å². The fourth-order valence-corrected chi connectivity index (χ4v) is 4.46. The Hall–Kier alpha value is -1.40. The standard InChI is InChI=1S/C18H27N3O3/c1-12-14(13(2)24-19-12)11-21-10-7-16-15(21)5-6-17(23-16)18(22)20-8-3-4-9-20/h15-17H,3-11H2,1-2H3/t15-,16-,17-/m0/s1. The lowest BCUT2D eigenvalue weighted by Crippen LogP contribution is -2.48. The zero-order chi connectivity index (χ0) is 16.7. The van der Waals surface area contributed by atoms with E-state index in [0.717, 1.165) is 69.7 Å². The fraction of sp³-hybridized carbons (Fsp3) is 0.778. The van der Waals surface area contributed by atoms with Crippen molar-refractivity contribution >= 4 is 5.91 Å². The maximum Gasteiger partial charge on any atom is 0.251 e. The minimum atomic E-state index is -0.219. The van der Waals surface area contributed by atoms with E-state index in [9.17, 15) is 4.79 Å². The van der Waals surface area contributed by atoms with Crippen LogP contribution in [-0.4, -0.2) is 58.7 Å². The molecule has 3 fully saturated rings. The molecule has 1 aromatic rings. The SMILES string of the molecule is Cc1noc(C)c1CN1CC[C@@H]2O[C@H](C(=O)N3CCCC3)CC[C@@H]21. The molecule has 0 N–H and O–H groups in total. The van der Waals surface area contributed by atoms with Crippen LogP contribution in [0.5, 0.6) is 0 Å². The van der Waals surface area contributed by atoms with Gasteiger partial charge in [-0.05, 0) is 46.0 Å². The third-order valence-corrected chi connectivity index (χ3v) is 5.90. The van der Waals surface area contributed by atoms with Crippen LogP contribution in [0.4, 0.5) is 0 Å². The van der Waals surface area contributed by atoms with Gasteiger partial charge in [0.1, 0.15) is 11.9 Å². The van der Waals surface area contributed by atoms with Gasteiger partial charge in [-0.25, -0.2) is 0 Å². The van der Waals surface area contributed by atoms with Crippen LogP contribution in [0.15, 0.2) is 4.52 Å². The van der Waals surface area contributed by atoms with E-state index in [1.54, 1.807) is 0 Å². The Morgan fingerprint density at radius 2 is 1.96 bits per heavy atom. The maximum absolute atomic E-state index is 12.6. The maximum atomic E-state index is 12.6. The van der Waals surface area contributed by atoms with Gasteiger partial charge in [0, 0.05) is 37.8 Å². The van der Waals surface area contributed by atoms with Crippen molar-refractivity contribution < 1.29 is 14.1 Å². The third-order valence-electron chi connectivity index (χ3n) is 5.90. The van der Waals surface area contributed by atoms with Crippen LogP contribution < -0.4 is 0 Å². The van der Waals surface area contributed by atoms with Crippen molar-refractivity contribution in [3.05, 3.63) is 17.0 Å². The van der Waals surface area contributed by atoms with Crippen molar-refractivity contribution in [2.45, 2.75) is 70.7 Å². The summed E-state index contributed by atoms with van der Waals surface area (Å²) in [6, 6.07) is 0.418. The van der Waals surface area contributed by atoms with Crippen molar-refractivity contribution in [3.8, 4) is 0 Å². The molecule has 24 heavy (non-hydrogen) atoms. The number of carbonyl (C=O) groups excluding carboxylic acids is 1. The molecule has 1 amide bonds. The summed E-state index contributed by atoms with van der Waals surface area (Å²) >= 11 is 0. The largest absolute Gasteiger partial charge is 0.363 e. The van der Waals surface area contributed by atoms with Crippen LogP contribution in [-0.2, 0) is 16.1 Å². The molecule has 0 aromatic carbocycles. The molecule has 0 aliphatic carbocycles. The van der Waals surface area contributed by atoms with Gasteiger partial charge in [0.25, 0.3) is 5.91 Å². The molecule has 0 unspecified atom stereocenters. The topological polar surface area (TPSA) is 58.8 Å². The van der Waals surface area contributed by atoms with Gasteiger partial charge in [-0.3, -0.25) is 9.69 Å². The number of carbonyl (C=O) groups is 1. The Bertz CT molecular complexity index is 589. The van der Waals surface area contributed by atoms with Crippen LogP contribution >= 0.6 is 0 Å². The summed E-state index contributed by atoms with van der Waals surface area (Å²) in [5, 5.41) is 4.06. The smallest absolute Gasteiger partial charge is 0.251 e. The molecular formula is C18H27N3O3.